The molecular formula is C30H31N5O2. The third-order valence-corrected chi connectivity index (χ3v) is 7.06. The number of nitrogens with zero attached hydrogens (tertiary/aromatic N) is 3. The van der Waals surface area contributed by atoms with E-state index < -0.39 is 0 Å². The zero-order valence-electron chi connectivity index (χ0n) is 21.0. The molecule has 1 aliphatic heterocycles. The number of aryl methyl sites for hydroxylation is 1. The summed E-state index contributed by atoms with van der Waals surface area (Å²) in [4.78, 5) is 24.9. The third kappa shape index (κ3) is 5.48. The SMILES string of the molecule is Cc1ccc(CN2CCOCC2)cc1NC(=O)c1ccc(Nc2nc(C3CC3)c3ccccc3n2)cc1. The lowest BCUT2D eigenvalue weighted by molar-refractivity contribution is 0.0342. The van der Waals surface area contributed by atoms with Gasteiger partial charge in [-0.25, -0.2) is 9.97 Å². The van der Waals surface area contributed by atoms with Crippen molar-refractivity contribution in [2.24, 2.45) is 0 Å². The van der Waals surface area contributed by atoms with Gasteiger partial charge in [-0.05, 0) is 67.3 Å². The van der Waals surface area contributed by atoms with Crippen LogP contribution in [0.5, 0.6) is 0 Å². The summed E-state index contributed by atoms with van der Waals surface area (Å²) >= 11 is 0. The second kappa shape index (κ2) is 10.3. The van der Waals surface area contributed by atoms with E-state index in [1.807, 2.05) is 49.4 Å². The van der Waals surface area contributed by atoms with Crippen LogP contribution in [0.25, 0.3) is 10.9 Å². The number of ether oxygens (including phenoxy) is 1. The highest BCUT2D eigenvalue weighted by molar-refractivity contribution is 6.04. The van der Waals surface area contributed by atoms with Crippen LogP contribution >= 0.6 is 0 Å². The molecule has 0 spiro atoms. The second-order valence-electron chi connectivity index (χ2n) is 9.92. The summed E-state index contributed by atoms with van der Waals surface area (Å²) in [6, 6.07) is 21.9. The number of nitrogens with one attached hydrogen (secondary N) is 2. The van der Waals surface area contributed by atoms with Crippen molar-refractivity contribution in [3.8, 4) is 0 Å². The van der Waals surface area contributed by atoms with Crippen molar-refractivity contribution in [2.45, 2.75) is 32.2 Å². The number of hydrogen-bond acceptors (Lipinski definition) is 6. The number of rotatable bonds is 7. The molecule has 3 aromatic carbocycles. The molecule has 0 unspecified atom stereocenters. The number of hydrogen-bond donors (Lipinski definition) is 2. The van der Waals surface area contributed by atoms with Crippen molar-refractivity contribution in [1.29, 1.82) is 0 Å². The lowest BCUT2D eigenvalue weighted by Gasteiger charge is -2.26. The van der Waals surface area contributed by atoms with Crippen LogP contribution in [0.4, 0.5) is 17.3 Å². The normalized spacial score (nSPS) is 16.0. The number of fused-ring (bicyclic) bond motifs is 1. The maximum atomic E-state index is 13.0. The maximum absolute atomic E-state index is 13.0. The number of anilines is 3. The highest BCUT2D eigenvalue weighted by Gasteiger charge is 2.27. The van der Waals surface area contributed by atoms with Gasteiger partial charge in [-0.15, -0.1) is 0 Å². The predicted molar refractivity (Wildman–Crippen MR) is 146 cm³/mol. The van der Waals surface area contributed by atoms with Gasteiger partial charge in [-0.3, -0.25) is 9.69 Å². The van der Waals surface area contributed by atoms with Crippen LogP contribution in [0.1, 0.15) is 45.9 Å². The summed E-state index contributed by atoms with van der Waals surface area (Å²) in [6.45, 7) is 6.28. The van der Waals surface area contributed by atoms with Crippen LogP contribution in [-0.4, -0.2) is 47.1 Å². The predicted octanol–water partition coefficient (Wildman–Crippen LogP) is 5.64. The molecule has 2 heterocycles. The van der Waals surface area contributed by atoms with E-state index in [0.29, 0.717) is 17.4 Å². The van der Waals surface area contributed by atoms with Crippen molar-refractivity contribution in [3.05, 3.63) is 89.1 Å². The molecule has 1 saturated heterocycles. The molecule has 2 N–H and O–H groups in total. The highest BCUT2D eigenvalue weighted by Crippen LogP contribution is 2.42. The van der Waals surface area contributed by atoms with Crippen molar-refractivity contribution in [1.82, 2.24) is 14.9 Å². The number of para-hydroxylation sites is 1. The zero-order chi connectivity index (χ0) is 25.2. The molecule has 1 aliphatic carbocycles. The lowest BCUT2D eigenvalue weighted by Crippen LogP contribution is -2.35. The quantitative estimate of drug-likeness (QED) is 0.347. The van der Waals surface area contributed by atoms with Gasteiger partial charge in [0.05, 0.1) is 24.4 Å². The maximum Gasteiger partial charge on any atom is 0.255 e. The van der Waals surface area contributed by atoms with Gasteiger partial charge in [-0.2, -0.15) is 0 Å². The topological polar surface area (TPSA) is 79.4 Å². The van der Waals surface area contributed by atoms with Crippen molar-refractivity contribution in [2.75, 3.05) is 36.9 Å². The Bertz CT molecular complexity index is 1430. The fraction of sp³-hybridized carbons (Fsp3) is 0.300. The van der Waals surface area contributed by atoms with Crippen LogP contribution in [0, 0.1) is 6.92 Å². The van der Waals surface area contributed by atoms with E-state index in [1.165, 1.54) is 18.4 Å². The van der Waals surface area contributed by atoms with E-state index in [-0.39, 0.29) is 5.91 Å². The second-order valence-corrected chi connectivity index (χ2v) is 9.92. The fourth-order valence-corrected chi connectivity index (χ4v) is 4.77. The Kier molecular flexibility index (Phi) is 6.55. The number of benzene rings is 3. The first-order valence-corrected chi connectivity index (χ1v) is 13.0. The standard InChI is InChI=1S/C30H31N5O2/c1-20-6-7-21(19-35-14-16-37-17-15-35)18-27(20)32-29(36)23-10-12-24(13-11-23)31-30-33-26-5-3-2-4-25(26)28(34-30)22-8-9-22/h2-7,10-13,18,22H,8-9,14-17,19H2,1H3,(H,32,36)(H,31,33,34). The number of carbonyl (C=O) groups excluding carboxylic acids is 1. The van der Waals surface area contributed by atoms with Crippen LogP contribution in [0.2, 0.25) is 0 Å². The van der Waals surface area contributed by atoms with Gasteiger partial charge in [-0.1, -0.05) is 30.3 Å². The Morgan fingerprint density at radius 1 is 1.00 bits per heavy atom. The molecule has 4 aromatic rings. The number of carbonyl (C=O) groups is 1. The number of morpholine rings is 1. The Morgan fingerprint density at radius 3 is 2.57 bits per heavy atom. The molecule has 1 amide bonds. The van der Waals surface area contributed by atoms with E-state index in [1.54, 1.807) is 0 Å². The molecular weight excluding hydrogens is 462 g/mol. The fourth-order valence-electron chi connectivity index (χ4n) is 4.77. The van der Waals surface area contributed by atoms with E-state index >= 15 is 0 Å². The van der Waals surface area contributed by atoms with Gasteiger partial charge < -0.3 is 15.4 Å². The average Bonchev–Trinajstić information content (AvgIpc) is 3.77. The summed E-state index contributed by atoms with van der Waals surface area (Å²) < 4.78 is 5.45. The minimum absolute atomic E-state index is 0.129. The molecule has 0 radical (unpaired) electrons. The summed E-state index contributed by atoms with van der Waals surface area (Å²) in [5.74, 6) is 0.983. The molecule has 0 atom stereocenters. The summed E-state index contributed by atoms with van der Waals surface area (Å²) in [5, 5.41) is 7.55. The zero-order valence-corrected chi connectivity index (χ0v) is 21.0. The van der Waals surface area contributed by atoms with Crippen LogP contribution in [-0.2, 0) is 11.3 Å². The van der Waals surface area contributed by atoms with E-state index in [4.69, 9.17) is 14.7 Å². The lowest BCUT2D eigenvalue weighted by atomic mass is 10.1. The largest absolute Gasteiger partial charge is 0.379 e. The first-order chi connectivity index (χ1) is 18.1. The molecule has 6 rings (SSSR count). The minimum atomic E-state index is -0.129. The summed E-state index contributed by atoms with van der Waals surface area (Å²) in [5.41, 5.74) is 6.58. The molecule has 1 aromatic heterocycles. The van der Waals surface area contributed by atoms with Crippen molar-refractivity contribution in [3.63, 3.8) is 0 Å². The van der Waals surface area contributed by atoms with Crippen LogP contribution in [0.3, 0.4) is 0 Å². The first kappa shape index (κ1) is 23.6. The molecule has 1 saturated carbocycles. The Morgan fingerprint density at radius 2 is 1.78 bits per heavy atom. The molecule has 188 valence electrons. The molecule has 2 fully saturated rings. The smallest absolute Gasteiger partial charge is 0.255 e. The molecule has 0 bridgehead atoms. The van der Waals surface area contributed by atoms with Gasteiger partial charge in [0.2, 0.25) is 5.95 Å². The van der Waals surface area contributed by atoms with Crippen molar-refractivity contribution < 1.29 is 9.53 Å². The van der Waals surface area contributed by atoms with Gasteiger partial charge in [0, 0.05) is 47.9 Å². The average molecular weight is 494 g/mol. The minimum Gasteiger partial charge on any atom is -0.379 e. The highest BCUT2D eigenvalue weighted by atomic mass is 16.5. The van der Waals surface area contributed by atoms with Crippen molar-refractivity contribution >= 4 is 34.1 Å². The number of aromatic nitrogens is 2. The van der Waals surface area contributed by atoms with Gasteiger partial charge in [0.15, 0.2) is 0 Å². The van der Waals surface area contributed by atoms with Crippen LogP contribution < -0.4 is 10.6 Å². The molecule has 7 nitrogen and oxygen atoms in total. The summed E-state index contributed by atoms with van der Waals surface area (Å²) in [7, 11) is 0. The van der Waals surface area contributed by atoms with Gasteiger partial charge in [0.1, 0.15) is 0 Å². The van der Waals surface area contributed by atoms with E-state index in [0.717, 1.165) is 66.4 Å². The molecule has 7 heteroatoms. The van der Waals surface area contributed by atoms with E-state index in [2.05, 4.69) is 39.8 Å². The monoisotopic (exact) mass is 493 g/mol. The summed E-state index contributed by atoms with van der Waals surface area (Å²) in [6.07, 6.45) is 2.36. The molecule has 37 heavy (non-hydrogen) atoms. The van der Waals surface area contributed by atoms with Gasteiger partial charge in [0.25, 0.3) is 5.91 Å². The van der Waals surface area contributed by atoms with E-state index in [9.17, 15) is 4.79 Å². The van der Waals surface area contributed by atoms with Gasteiger partial charge >= 0.3 is 0 Å². The number of amides is 1. The Hall–Kier alpha value is -3.81. The Balaban J connectivity index is 1.14. The van der Waals surface area contributed by atoms with Crippen LogP contribution in [0.15, 0.2) is 66.7 Å². The first-order valence-electron chi connectivity index (χ1n) is 13.0. The Labute approximate surface area is 216 Å². The third-order valence-electron chi connectivity index (χ3n) is 7.06. The molecule has 2 aliphatic rings.